The SMILES string of the molecule is CCCCCCCCCCCCCCOc1cccc(CC(=O)Nc2ccccc2C[n+]2ccsc2)c1.[Br-]. The lowest BCUT2D eigenvalue weighted by Gasteiger charge is -2.10. The Balaban J connectivity index is 0.00000507. The van der Waals surface area contributed by atoms with Crippen LogP contribution in [-0.2, 0) is 17.8 Å². The number of hydrogen-bond acceptors (Lipinski definition) is 3. The molecule has 1 heterocycles. The normalized spacial score (nSPS) is 10.7. The average molecular weight is 602 g/mol. The molecule has 0 aliphatic rings. The molecule has 4 nitrogen and oxygen atoms in total. The summed E-state index contributed by atoms with van der Waals surface area (Å²) in [6.45, 7) is 3.75. The number of benzene rings is 2. The number of rotatable bonds is 19. The molecule has 1 N–H and O–H groups in total. The fraction of sp³-hybridized carbons (Fsp3) is 0.500. The van der Waals surface area contributed by atoms with Crippen molar-refractivity contribution in [1.29, 1.82) is 0 Å². The number of anilines is 1. The maximum Gasteiger partial charge on any atom is 0.228 e. The summed E-state index contributed by atoms with van der Waals surface area (Å²) < 4.78 is 8.10. The summed E-state index contributed by atoms with van der Waals surface area (Å²) in [6, 6.07) is 15.9. The number of thiazole rings is 1. The summed E-state index contributed by atoms with van der Waals surface area (Å²) in [5.74, 6) is 0.837. The van der Waals surface area contributed by atoms with Crippen LogP contribution in [0.5, 0.6) is 5.75 Å². The number of hydrogen-bond donors (Lipinski definition) is 1. The standard InChI is InChI=1S/C32H44N2O2S.BrH/c1-2-3-4-5-6-7-8-9-10-11-12-15-22-36-30-19-16-17-28(24-30)25-32(35)33-31-20-14-13-18-29(31)26-34-21-23-37-27-34;/h13-14,16-21,23-24,27H,2-12,15,22,25-26H2,1H3;1H. The van der Waals surface area contributed by atoms with Gasteiger partial charge < -0.3 is 27.0 Å². The highest BCUT2D eigenvalue weighted by Crippen LogP contribution is 2.18. The van der Waals surface area contributed by atoms with E-state index in [0.717, 1.165) is 42.1 Å². The first kappa shape index (κ1) is 32.0. The molecular formula is C32H45BrN2O2S. The van der Waals surface area contributed by atoms with Gasteiger partial charge in [-0.2, -0.15) is 4.57 Å². The molecule has 0 saturated heterocycles. The molecule has 0 bridgehead atoms. The zero-order valence-corrected chi connectivity index (χ0v) is 25.4. The molecule has 3 aromatic rings. The van der Waals surface area contributed by atoms with Gasteiger partial charge in [-0.3, -0.25) is 4.79 Å². The first-order chi connectivity index (χ1) is 18.2. The van der Waals surface area contributed by atoms with Gasteiger partial charge in [-0.1, -0.05) is 119 Å². The molecule has 0 aliphatic carbocycles. The molecule has 2 aromatic carbocycles. The van der Waals surface area contributed by atoms with Gasteiger partial charge in [0.2, 0.25) is 11.4 Å². The van der Waals surface area contributed by atoms with Crippen LogP contribution < -0.4 is 31.6 Å². The Hall–Kier alpha value is -2.18. The number of para-hydroxylation sites is 1. The van der Waals surface area contributed by atoms with Crippen LogP contribution in [0, 0.1) is 0 Å². The first-order valence-electron chi connectivity index (χ1n) is 14.3. The zero-order chi connectivity index (χ0) is 26.0. The molecule has 38 heavy (non-hydrogen) atoms. The van der Waals surface area contributed by atoms with Crippen LogP contribution in [0.3, 0.4) is 0 Å². The summed E-state index contributed by atoms with van der Waals surface area (Å²) in [7, 11) is 0. The lowest BCUT2D eigenvalue weighted by atomic mass is 10.1. The summed E-state index contributed by atoms with van der Waals surface area (Å²) >= 11 is 1.66. The number of amides is 1. The molecule has 6 heteroatoms. The van der Waals surface area contributed by atoms with Crippen molar-refractivity contribution in [1.82, 2.24) is 0 Å². The molecular weight excluding hydrogens is 556 g/mol. The molecule has 0 fully saturated rings. The molecule has 208 valence electrons. The molecule has 0 aliphatic heterocycles. The van der Waals surface area contributed by atoms with Gasteiger partial charge in [0.05, 0.1) is 24.1 Å². The third-order valence-electron chi connectivity index (χ3n) is 6.70. The number of nitrogens with one attached hydrogen (secondary N) is 1. The van der Waals surface area contributed by atoms with Gasteiger partial charge in [-0.25, -0.2) is 0 Å². The van der Waals surface area contributed by atoms with Crippen LogP contribution in [-0.4, -0.2) is 12.5 Å². The minimum atomic E-state index is -0.0131. The van der Waals surface area contributed by atoms with E-state index in [0.29, 0.717) is 6.42 Å². The largest absolute Gasteiger partial charge is 1.00 e. The number of nitrogens with zero attached hydrogens (tertiary/aromatic N) is 1. The highest BCUT2D eigenvalue weighted by molar-refractivity contribution is 7.07. The van der Waals surface area contributed by atoms with Crippen LogP contribution in [0.15, 0.2) is 65.6 Å². The molecule has 3 rings (SSSR count). The quantitative estimate of drug-likeness (QED) is 0.149. The highest BCUT2D eigenvalue weighted by Gasteiger charge is 2.11. The third kappa shape index (κ3) is 13.1. The summed E-state index contributed by atoms with van der Waals surface area (Å²) in [4.78, 5) is 12.8. The number of unbranched alkanes of at least 4 members (excludes halogenated alkanes) is 11. The van der Waals surface area contributed by atoms with E-state index in [1.807, 2.05) is 54.0 Å². The molecule has 0 radical (unpaired) electrons. The predicted octanol–water partition coefficient (Wildman–Crippen LogP) is 5.35. The Morgan fingerprint density at radius 3 is 2.24 bits per heavy atom. The van der Waals surface area contributed by atoms with Crippen molar-refractivity contribution in [3.05, 3.63) is 76.7 Å². The second-order valence-corrected chi connectivity index (χ2v) is 10.7. The molecule has 0 saturated carbocycles. The van der Waals surface area contributed by atoms with Gasteiger partial charge in [0.1, 0.15) is 5.75 Å². The topological polar surface area (TPSA) is 42.2 Å². The first-order valence-corrected chi connectivity index (χ1v) is 15.2. The van der Waals surface area contributed by atoms with E-state index in [-0.39, 0.29) is 22.9 Å². The Morgan fingerprint density at radius 1 is 0.868 bits per heavy atom. The smallest absolute Gasteiger partial charge is 0.228 e. The van der Waals surface area contributed by atoms with Gasteiger partial charge >= 0.3 is 0 Å². The van der Waals surface area contributed by atoms with Crippen molar-refractivity contribution in [2.45, 2.75) is 96.9 Å². The third-order valence-corrected chi connectivity index (χ3v) is 7.37. The summed E-state index contributed by atoms with van der Waals surface area (Å²) in [6.07, 6.45) is 18.5. The number of carbonyl (C=O) groups excluding carboxylic acids is 1. The van der Waals surface area contributed by atoms with Gasteiger partial charge in [-0.15, -0.1) is 0 Å². The minimum Gasteiger partial charge on any atom is -1.00 e. The Kier molecular flexibility index (Phi) is 16.7. The van der Waals surface area contributed by atoms with Gasteiger partial charge in [0.15, 0.2) is 12.7 Å². The summed E-state index contributed by atoms with van der Waals surface area (Å²) in [5, 5.41) is 5.15. The van der Waals surface area contributed by atoms with E-state index in [1.165, 1.54) is 70.6 Å². The maximum absolute atomic E-state index is 12.8. The van der Waals surface area contributed by atoms with Crippen molar-refractivity contribution in [2.75, 3.05) is 11.9 Å². The van der Waals surface area contributed by atoms with E-state index >= 15 is 0 Å². The fourth-order valence-electron chi connectivity index (χ4n) is 4.59. The van der Waals surface area contributed by atoms with E-state index in [1.54, 1.807) is 11.3 Å². The number of halogens is 1. The molecule has 1 amide bonds. The summed E-state index contributed by atoms with van der Waals surface area (Å²) in [5.41, 5.74) is 5.00. The lowest BCUT2D eigenvalue weighted by molar-refractivity contribution is -0.683. The fourth-order valence-corrected chi connectivity index (χ4v) is 5.18. The number of aromatic nitrogens is 1. The monoisotopic (exact) mass is 600 g/mol. The van der Waals surface area contributed by atoms with Crippen LogP contribution in [0.25, 0.3) is 0 Å². The second kappa shape index (κ2) is 19.8. The maximum atomic E-state index is 12.8. The average Bonchev–Trinajstić information content (AvgIpc) is 3.41. The van der Waals surface area contributed by atoms with Gasteiger partial charge in [0.25, 0.3) is 0 Å². The minimum absolute atomic E-state index is 0. The van der Waals surface area contributed by atoms with E-state index in [4.69, 9.17) is 4.74 Å². The highest BCUT2D eigenvalue weighted by atomic mass is 79.9. The van der Waals surface area contributed by atoms with Gasteiger partial charge in [0, 0.05) is 5.56 Å². The Bertz CT molecular complexity index is 1030. The number of ether oxygens (including phenoxy) is 1. The zero-order valence-electron chi connectivity index (χ0n) is 23.0. The van der Waals surface area contributed by atoms with Crippen molar-refractivity contribution in [2.24, 2.45) is 0 Å². The number of carbonyl (C=O) groups is 1. The Morgan fingerprint density at radius 2 is 1.55 bits per heavy atom. The van der Waals surface area contributed by atoms with Crippen molar-refractivity contribution in [3.8, 4) is 5.75 Å². The Labute approximate surface area is 244 Å². The van der Waals surface area contributed by atoms with Crippen LogP contribution in [0.2, 0.25) is 0 Å². The molecule has 0 unspecified atom stereocenters. The van der Waals surface area contributed by atoms with E-state index in [2.05, 4.69) is 28.4 Å². The van der Waals surface area contributed by atoms with Crippen LogP contribution in [0.4, 0.5) is 5.69 Å². The van der Waals surface area contributed by atoms with Crippen LogP contribution in [0.1, 0.15) is 95.1 Å². The van der Waals surface area contributed by atoms with E-state index in [9.17, 15) is 4.79 Å². The van der Waals surface area contributed by atoms with Crippen molar-refractivity contribution in [3.63, 3.8) is 0 Å². The van der Waals surface area contributed by atoms with Crippen molar-refractivity contribution < 1.29 is 31.1 Å². The molecule has 1 aromatic heterocycles. The predicted molar refractivity (Wildman–Crippen MR) is 155 cm³/mol. The molecule has 0 spiro atoms. The van der Waals surface area contributed by atoms with Crippen molar-refractivity contribution >= 4 is 22.9 Å². The van der Waals surface area contributed by atoms with Crippen LogP contribution >= 0.6 is 11.3 Å². The second-order valence-electron chi connectivity index (χ2n) is 9.97. The lowest BCUT2D eigenvalue weighted by Crippen LogP contribution is -3.00. The molecule has 0 atom stereocenters. The van der Waals surface area contributed by atoms with Gasteiger partial charge in [-0.05, 0) is 30.2 Å². The van der Waals surface area contributed by atoms with E-state index < -0.39 is 0 Å².